The highest BCUT2D eigenvalue weighted by Gasteiger charge is 2.53. The van der Waals surface area contributed by atoms with Crippen LogP contribution in [0.15, 0.2) is 54.6 Å². The first-order valence-corrected chi connectivity index (χ1v) is 9.97. The van der Waals surface area contributed by atoms with E-state index in [4.69, 9.17) is 5.21 Å². The Hall–Kier alpha value is -2.66. The lowest BCUT2D eigenvalue weighted by atomic mass is 9.78. The topological polar surface area (TPSA) is 69.6 Å². The molecule has 2 aliphatic heterocycles. The fourth-order valence-corrected chi connectivity index (χ4v) is 4.84. The van der Waals surface area contributed by atoms with Gasteiger partial charge in [0, 0.05) is 6.04 Å². The molecule has 0 spiro atoms. The average molecular weight is 378 g/mol. The Morgan fingerprint density at radius 3 is 2.36 bits per heavy atom. The van der Waals surface area contributed by atoms with Crippen LogP contribution in [0.4, 0.5) is 0 Å². The first-order chi connectivity index (χ1) is 13.5. The van der Waals surface area contributed by atoms with Crippen LogP contribution in [0.3, 0.4) is 0 Å². The number of fused-ring (bicyclic) bond motifs is 1. The van der Waals surface area contributed by atoms with Crippen LogP contribution in [0.5, 0.6) is 0 Å². The maximum absolute atomic E-state index is 13.5. The summed E-state index contributed by atoms with van der Waals surface area (Å²) in [5.41, 5.74) is 4.35. The van der Waals surface area contributed by atoms with Crippen LogP contribution < -0.4 is 5.48 Å². The highest BCUT2D eigenvalue weighted by Crippen LogP contribution is 2.44. The molecule has 3 atom stereocenters. The molecule has 0 aromatic heterocycles. The van der Waals surface area contributed by atoms with Gasteiger partial charge in [-0.05, 0) is 42.9 Å². The van der Waals surface area contributed by atoms with Crippen LogP contribution in [-0.4, -0.2) is 34.0 Å². The fraction of sp³-hybridized carbons (Fsp3) is 0.391. The van der Waals surface area contributed by atoms with Gasteiger partial charge < -0.3 is 4.90 Å². The normalized spacial score (nSPS) is 27.2. The van der Waals surface area contributed by atoms with Crippen LogP contribution in [-0.2, 0) is 15.0 Å². The number of nitrogens with zero attached hydrogens (tertiary/aromatic N) is 1. The molecule has 2 aromatic rings. The maximum Gasteiger partial charge on any atom is 0.266 e. The molecule has 0 bridgehead atoms. The molecule has 0 aliphatic carbocycles. The number of rotatable bonds is 3. The van der Waals surface area contributed by atoms with Crippen molar-refractivity contribution < 1.29 is 14.8 Å². The van der Waals surface area contributed by atoms with Gasteiger partial charge in [0.2, 0.25) is 5.91 Å². The van der Waals surface area contributed by atoms with Crippen molar-refractivity contribution in [3.63, 3.8) is 0 Å². The predicted octanol–water partition coefficient (Wildman–Crippen LogP) is 3.66. The van der Waals surface area contributed by atoms with E-state index in [1.54, 1.807) is 10.4 Å². The second kappa shape index (κ2) is 7.40. The zero-order valence-electron chi connectivity index (χ0n) is 16.1. The molecule has 2 heterocycles. The van der Waals surface area contributed by atoms with E-state index in [9.17, 15) is 9.59 Å². The van der Waals surface area contributed by atoms with E-state index in [1.807, 2.05) is 37.3 Å². The number of carbonyl (C=O) groups excluding carboxylic acids is 2. The van der Waals surface area contributed by atoms with Gasteiger partial charge in [0.15, 0.2) is 0 Å². The minimum atomic E-state index is -0.648. The lowest BCUT2D eigenvalue weighted by Crippen LogP contribution is -2.50. The molecule has 146 valence electrons. The van der Waals surface area contributed by atoms with Gasteiger partial charge in [-0.25, -0.2) is 5.48 Å². The van der Waals surface area contributed by atoms with E-state index in [0.29, 0.717) is 12.8 Å². The zero-order valence-corrected chi connectivity index (χ0v) is 16.1. The third-order valence-corrected chi connectivity index (χ3v) is 6.39. The van der Waals surface area contributed by atoms with E-state index < -0.39 is 17.4 Å². The molecule has 2 saturated heterocycles. The fourth-order valence-electron chi connectivity index (χ4n) is 4.84. The molecule has 2 N–H and O–H groups in total. The third kappa shape index (κ3) is 3.10. The minimum absolute atomic E-state index is 0.0135. The molecule has 4 rings (SSSR count). The summed E-state index contributed by atoms with van der Waals surface area (Å²) in [6.07, 6.45) is 4.08. The quantitative estimate of drug-likeness (QED) is 0.633. The lowest BCUT2D eigenvalue weighted by molar-refractivity contribution is -0.145. The van der Waals surface area contributed by atoms with E-state index in [2.05, 4.69) is 24.3 Å². The maximum atomic E-state index is 13.5. The number of benzene rings is 2. The summed E-state index contributed by atoms with van der Waals surface area (Å²) in [4.78, 5) is 27.4. The van der Waals surface area contributed by atoms with E-state index in [0.717, 1.165) is 36.0 Å². The first-order valence-electron chi connectivity index (χ1n) is 9.97. The van der Waals surface area contributed by atoms with Crippen molar-refractivity contribution in [2.24, 2.45) is 0 Å². The molecule has 0 radical (unpaired) electrons. The second-order valence-corrected chi connectivity index (χ2v) is 8.12. The third-order valence-electron chi connectivity index (χ3n) is 6.39. The Bertz CT molecular complexity index is 865. The molecular formula is C23H26N2O3. The van der Waals surface area contributed by atoms with Crippen molar-refractivity contribution in [2.75, 3.05) is 0 Å². The van der Waals surface area contributed by atoms with Gasteiger partial charge in [-0.2, -0.15) is 0 Å². The number of hydrogen-bond acceptors (Lipinski definition) is 3. The van der Waals surface area contributed by atoms with Crippen LogP contribution >= 0.6 is 0 Å². The summed E-state index contributed by atoms with van der Waals surface area (Å²) >= 11 is 0. The van der Waals surface area contributed by atoms with E-state index in [-0.39, 0.29) is 11.9 Å². The Balaban J connectivity index is 1.64. The smallest absolute Gasteiger partial charge is 0.266 e. The van der Waals surface area contributed by atoms with Crippen molar-refractivity contribution in [3.8, 4) is 11.1 Å². The monoisotopic (exact) mass is 378 g/mol. The average Bonchev–Trinajstić information content (AvgIpc) is 2.87. The van der Waals surface area contributed by atoms with Crippen LogP contribution in [0, 0.1) is 0 Å². The molecule has 0 saturated carbocycles. The molecule has 2 aliphatic rings. The van der Waals surface area contributed by atoms with Crippen molar-refractivity contribution >= 4 is 11.8 Å². The van der Waals surface area contributed by atoms with E-state index >= 15 is 0 Å². The summed E-state index contributed by atoms with van der Waals surface area (Å²) in [5, 5.41) is 9.13. The standard InChI is InChI=1S/C23H26N2O3/c1-23(18-13-11-17(12-14-18)16-7-3-2-4-8-16)15-19-9-5-6-10-20(21(26)24-28)25(19)22(23)27/h2-4,7-8,11-14,19-20,28H,5-6,9-10,15H2,1H3,(H,24,26)/t19?,20-,23+/m1/s1. The lowest BCUT2D eigenvalue weighted by Gasteiger charge is -2.30. The Morgan fingerprint density at radius 2 is 1.68 bits per heavy atom. The first kappa shape index (κ1) is 18.7. The molecule has 5 heteroatoms. The van der Waals surface area contributed by atoms with Gasteiger partial charge in [-0.15, -0.1) is 0 Å². The summed E-state index contributed by atoms with van der Waals surface area (Å²) in [6.45, 7) is 1.98. The minimum Gasteiger partial charge on any atom is -0.327 e. The highest BCUT2D eigenvalue weighted by atomic mass is 16.5. The summed E-state index contributed by atoms with van der Waals surface area (Å²) in [5.74, 6) is -0.496. The highest BCUT2D eigenvalue weighted by molar-refractivity contribution is 5.95. The van der Waals surface area contributed by atoms with Crippen LogP contribution in [0.1, 0.15) is 44.6 Å². The molecule has 1 unspecified atom stereocenters. The number of hydroxylamine groups is 1. The summed E-state index contributed by atoms with van der Waals surface area (Å²) in [6, 6.07) is 17.8. The van der Waals surface area contributed by atoms with Crippen molar-refractivity contribution in [1.82, 2.24) is 10.4 Å². The Labute approximate surface area is 165 Å². The number of carbonyl (C=O) groups is 2. The number of amides is 2. The molecule has 28 heavy (non-hydrogen) atoms. The van der Waals surface area contributed by atoms with Gasteiger partial charge in [-0.1, -0.05) is 67.4 Å². The molecular weight excluding hydrogens is 352 g/mol. The molecule has 5 nitrogen and oxygen atoms in total. The van der Waals surface area contributed by atoms with Gasteiger partial charge in [0.1, 0.15) is 6.04 Å². The summed E-state index contributed by atoms with van der Waals surface area (Å²) in [7, 11) is 0. The number of hydrogen-bond donors (Lipinski definition) is 2. The SMILES string of the molecule is C[C@@]1(c2ccc(-c3ccccc3)cc2)CC2CCCC[C@H](C(=O)NO)N2C1=O. The summed E-state index contributed by atoms with van der Waals surface area (Å²) < 4.78 is 0. The second-order valence-electron chi connectivity index (χ2n) is 8.12. The largest absolute Gasteiger partial charge is 0.327 e. The molecule has 2 amide bonds. The van der Waals surface area contributed by atoms with Crippen LogP contribution in [0.25, 0.3) is 11.1 Å². The van der Waals surface area contributed by atoms with Gasteiger partial charge in [0.25, 0.3) is 5.91 Å². The molecule has 2 aromatic carbocycles. The van der Waals surface area contributed by atoms with E-state index in [1.165, 1.54) is 0 Å². The Morgan fingerprint density at radius 1 is 1.04 bits per heavy atom. The van der Waals surface area contributed by atoms with Crippen molar-refractivity contribution in [2.45, 2.75) is 56.5 Å². The Kier molecular flexibility index (Phi) is 4.94. The zero-order chi connectivity index (χ0) is 19.7. The van der Waals surface area contributed by atoms with Gasteiger partial charge >= 0.3 is 0 Å². The van der Waals surface area contributed by atoms with Gasteiger partial charge in [-0.3, -0.25) is 14.8 Å². The predicted molar refractivity (Wildman–Crippen MR) is 107 cm³/mol. The van der Waals surface area contributed by atoms with Gasteiger partial charge in [0.05, 0.1) is 5.41 Å². The van der Waals surface area contributed by atoms with Crippen molar-refractivity contribution in [3.05, 3.63) is 60.2 Å². The molecule has 2 fully saturated rings. The number of nitrogens with one attached hydrogen (secondary N) is 1. The van der Waals surface area contributed by atoms with Crippen LogP contribution in [0.2, 0.25) is 0 Å². The van der Waals surface area contributed by atoms with Crippen molar-refractivity contribution in [1.29, 1.82) is 0 Å².